The van der Waals surface area contributed by atoms with E-state index in [1.165, 1.54) is 6.42 Å². The lowest BCUT2D eigenvalue weighted by atomic mass is 9.93. The van der Waals surface area contributed by atoms with Crippen molar-refractivity contribution in [2.75, 3.05) is 6.54 Å². The molecule has 0 aliphatic heterocycles. The molecule has 1 aliphatic carbocycles. The summed E-state index contributed by atoms with van der Waals surface area (Å²) in [4.78, 5) is 42.4. The molecule has 1 aromatic rings. The minimum atomic E-state index is -0.794. The summed E-state index contributed by atoms with van der Waals surface area (Å²) in [7, 11) is 0. The van der Waals surface area contributed by atoms with E-state index in [0.29, 0.717) is 19.4 Å². The van der Waals surface area contributed by atoms with Crippen LogP contribution in [-0.2, 0) is 14.3 Å². The quantitative estimate of drug-likeness (QED) is 0.402. The van der Waals surface area contributed by atoms with Gasteiger partial charge in [-0.25, -0.2) is 4.79 Å². The fourth-order valence-corrected chi connectivity index (χ4v) is 5.06. The largest absolute Gasteiger partial charge is 0.444 e. The zero-order chi connectivity index (χ0) is 27.8. The number of hydrogen-bond donors (Lipinski definition) is 2. The van der Waals surface area contributed by atoms with Crippen molar-refractivity contribution in [1.29, 1.82) is 0 Å². The molecule has 2 N–H and O–H groups in total. The van der Waals surface area contributed by atoms with E-state index < -0.39 is 23.8 Å². The van der Waals surface area contributed by atoms with Crippen LogP contribution in [0.4, 0.5) is 4.79 Å². The molecular weight excluding hydrogens is 466 g/mol. The highest BCUT2D eigenvalue weighted by Gasteiger charge is 2.37. The zero-order valence-electron chi connectivity index (χ0n) is 24.3. The Hall–Kier alpha value is -2.57. The van der Waals surface area contributed by atoms with Crippen LogP contribution in [0.3, 0.4) is 0 Å². The molecule has 0 heterocycles. The normalized spacial score (nSPS) is 16.1. The molecule has 37 heavy (non-hydrogen) atoms. The van der Waals surface area contributed by atoms with Gasteiger partial charge in [-0.1, -0.05) is 63.8 Å². The molecule has 0 spiro atoms. The van der Waals surface area contributed by atoms with Crippen LogP contribution in [0, 0.1) is 19.8 Å². The van der Waals surface area contributed by atoms with Gasteiger partial charge in [-0.3, -0.25) is 9.59 Å². The number of nitrogens with zero attached hydrogens (tertiary/aromatic N) is 1. The third-order valence-corrected chi connectivity index (χ3v) is 6.68. The highest BCUT2D eigenvalue weighted by atomic mass is 16.6. The fraction of sp³-hybridized carbons (Fsp3) is 0.700. The Kier molecular flexibility index (Phi) is 11.5. The van der Waals surface area contributed by atoms with Crippen LogP contribution in [0.2, 0.25) is 0 Å². The highest BCUT2D eigenvalue weighted by molar-refractivity contribution is 5.92. The van der Waals surface area contributed by atoms with Crippen molar-refractivity contribution >= 4 is 17.9 Å². The average Bonchev–Trinajstić information content (AvgIpc) is 2.78. The van der Waals surface area contributed by atoms with E-state index in [1.54, 1.807) is 25.7 Å². The predicted molar refractivity (Wildman–Crippen MR) is 148 cm³/mol. The van der Waals surface area contributed by atoms with Crippen LogP contribution in [0.5, 0.6) is 0 Å². The molecule has 0 saturated heterocycles. The first kappa shape index (κ1) is 30.7. The van der Waals surface area contributed by atoms with Gasteiger partial charge in [-0.05, 0) is 77.3 Å². The van der Waals surface area contributed by atoms with Crippen molar-refractivity contribution in [1.82, 2.24) is 15.5 Å². The van der Waals surface area contributed by atoms with Crippen LogP contribution in [0.1, 0.15) is 109 Å². The van der Waals surface area contributed by atoms with E-state index in [1.807, 2.05) is 46.8 Å². The van der Waals surface area contributed by atoms with E-state index >= 15 is 0 Å². The summed E-state index contributed by atoms with van der Waals surface area (Å²) in [5.74, 6) is -0.255. The number of carbonyl (C=O) groups is 3. The lowest BCUT2D eigenvalue weighted by Gasteiger charge is -2.36. The number of rotatable bonds is 10. The smallest absolute Gasteiger partial charge is 0.408 e. The fourth-order valence-electron chi connectivity index (χ4n) is 5.06. The van der Waals surface area contributed by atoms with Gasteiger partial charge in [0, 0.05) is 12.6 Å². The Bertz CT molecular complexity index is 916. The zero-order valence-corrected chi connectivity index (χ0v) is 24.3. The van der Waals surface area contributed by atoms with Crippen molar-refractivity contribution < 1.29 is 19.1 Å². The highest BCUT2D eigenvalue weighted by Crippen LogP contribution is 2.28. The topological polar surface area (TPSA) is 87.7 Å². The Morgan fingerprint density at radius 3 is 2.27 bits per heavy atom. The monoisotopic (exact) mass is 515 g/mol. The van der Waals surface area contributed by atoms with Crippen molar-refractivity contribution in [3.63, 3.8) is 0 Å². The van der Waals surface area contributed by atoms with Crippen molar-refractivity contribution in [2.45, 2.75) is 124 Å². The van der Waals surface area contributed by atoms with Crippen LogP contribution < -0.4 is 10.6 Å². The summed E-state index contributed by atoms with van der Waals surface area (Å²) >= 11 is 0. The predicted octanol–water partition coefficient (Wildman–Crippen LogP) is 5.97. The van der Waals surface area contributed by atoms with Crippen molar-refractivity contribution in [2.24, 2.45) is 5.92 Å². The Labute approximate surface area is 224 Å². The van der Waals surface area contributed by atoms with Gasteiger partial charge in [0.1, 0.15) is 17.7 Å². The molecule has 3 amide bonds. The second kappa shape index (κ2) is 13.8. The van der Waals surface area contributed by atoms with Crippen molar-refractivity contribution in [3.05, 3.63) is 34.9 Å². The molecule has 1 fully saturated rings. The van der Waals surface area contributed by atoms with Gasteiger partial charge in [0.25, 0.3) is 0 Å². The maximum atomic E-state index is 14.1. The Balaban J connectivity index is 2.46. The van der Waals surface area contributed by atoms with Crippen LogP contribution >= 0.6 is 0 Å². The van der Waals surface area contributed by atoms with Gasteiger partial charge in [0.2, 0.25) is 11.8 Å². The number of hydrogen-bond acceptors (Lipinski definition) is 4. The molecule has 208 valence electrons. The first-order chi connectivity index (χ1) is 17.3. The van der Waals surface area contributed by atoms with Gasteiger partial charge >= 0.3 is 6.09 Å². The summed E-state index contributed by atoms with van der Waals surface area (Å²) in [5.41, 5.74) is 2.21. The molecule has 1 aliphatic rings. The molecule has 2 rings (SSSR count). The molecule has 1 saturated carbocycles. The van der Waals surface area contributed by atoms with Gasteiger partial charge in [0.15, 0.2) is 0 Å². The molecule has 2 atom stereocenters. The van der Waals surface area contributed by atoms with Gasteiger partial charge < -0.3 is 20.3 Å². The Morgan fingerprint density at radius 1 is 1.08 bits per heavy atom. The first-order valence-electron chi connectivity index (χ1n) is 14.0. The van der Waals surface area contributed by atoms with E-state index in [2.05, 4.69) is 16.7 Å². The summed E-state index contributed by atoms with van der Waals surface area (Å²) < 4.78 is 5.46. The summed E-state index contributed by atoms with van der Waals surface area (Å²) in [5, 5.41) is 6.07. The van der Waals surface area contributed by atoms with Crippen molar-refractivity contribution in [3.8, 4) is 0 Å². The maximum absolute atomic E-state index is 14.1. The van der Waals surface area contributed by atoms with Gasteiger partial charge in [-0.2, -0.15) is 0 Å². The molecule has 0 bridgehead atoms. The van der Waals surface area contributed by atoms with E-state index in [-0.39, 0.29) is 23.8 Å². The number of benzene rings is 1. The third-order valence-electron chi connectivity index (χ3n) is 6.68. The molecular formula is C30H49N3O4. The van der Waals surface area contributed by atoms with Gasteiger partial charge in [-0.15, -0.1) is 0 Å². The molecule has 2 unspecified atom stereocenters. The van der Waals surface area contributed by atoms with Crippen LogP contribution in [0.15, 0.2) is 18.2 Å². The van der Waals surface area contributed by atoms with Crippen LogP contribution in [0.25, 0.3) is 0 Å². The molecule has 0 aromatic heterocycles. The van der Waals surface area contributed by atoms with Gasteiger partial charge in [0.05, 0.1) is 0 Å². The molecule has 7 heteroatoms. The molecule has 0 radical (unpaired) electrons. The SMILES string of the molecule is CCCN(C(=O)C(CC(C)C)NC(=O)OC(C)(C)C)C(C(=O)NC1CCCCC1)c1ccc(C)cc1C. The number of carbonyl (C=O) groups excluding carboxylic acids is 3. The van der Waals surface area contributed by atoms with E-state index in [4.69, 9.17) is 4.74 Å². The maximum Gasteiger partial charge on any atom is 0.408 e. The standard InChI is InChI=1S/C30H49N3O4/c1-9-17-33(28(35)25(18-20(2)3)32-29(36)37-30(6,7)8)26(24-16-15-21(4)19-22(24)5)27(34)31-23-13-11-10-12-14-23/h15-16,19-20,23,25-26H,9-14,17-18H2,1-8H3,(H,31,34)(H,32,36). The second-order valence-corrected chi connectivity index (χ2v) is 12.0. The number of amides is 3. The minimum absolute atomic E-state index is 0.124. The van der Waals surface area contributed by atoms with E-state index in [0.717, 1.165) is 42.4 Å². The first-order valence-corrected chi connectivity index (χ1v) is 14.0. The molecule has 1 aromatic carbocycles. The number of nitrogens with one attached hydrogen (secondary N) is 2. The number of ether oxygens (including phenoxy) is 1. The minimum Gasteiger partial charge on any atom is -0.444 e. The number of aryl methyl sites for hydroxylation is 2. The Morgan fingerprint density at radius 2 is 1.73 bits per heavy atom. The summed E-state index contributed by atoms with van der Waals surface area (Å²) in [6.07, 6.45) is 5.83. The number of alkyl carbamates (subject to hydrolysis) is 1. The lowest BCUT2D eigenvalue weighted by molar-refractivity contribution is -0.143. The average molecular weight is 516 g/mol. The summed E-state index contributed by atoms with van der Waals surface area (Å²) in [6.45, 7) is 15.8. The summed E-state index contributed by atoms with van der Waals surface area (Å²) in [6, 6.07) is 4.56. The van der Waals surface area contributed by atoms with Crippen LogP contribution in [-0.4, -0.2) is 47.0 Å². The third kappa shape index (κ3) is 9.67. The molecule has 7 nitrogen and oxygen atoms in total. The second-order valence-electron chi connectivity index (χ2n) is 12.0. The lowest BCUT2D eigenvalue weighted by Crippen LogP contribution is -2.54. The van der Waals surface area contributed by atoms with E-state index in [9.17, 15) is 14.4 Å².